The minimum Gasteiger partial charge on any atom is -0.317 e. The van der Waals surface area contributed by atoms with Gasteiger partial charge in [-0.25, -0.2) is 0 Å². The lowest BCUT2D eigenvalue weighted by Gasteiger charge is -2.08. The minimum absolute atomic E-state index is 1.11. The van der Waals surface area contributed by atoms with E-state index in [0.29, 0.717) is 0 Å². The number of unbranched alkanes of at least 4 members (excludes halogenated alkanes) is 15. The highest BCUT2D eigenvalue weighted by molar-refractivity contribution is 4.93. The van der Waals surface area contributed by atoms with Gasteiger partial charge in [0.2, 0.25) is 0 Å². The largest absolute Gasteiger partial charge is 0.317 e. The van der Waals surface area contributed by atoms with Crippen LogP contribution in [0.25, 0.3) is 0 Å². The first-order valence-electron chi connectivity index (χ1n) is 20.3. The topological polar surface area (TPSA) is 48.1 Å². The van der Waals surface area contributed by atoms with Crippen molar-refractivity contribution >= 4 is 0 Å². The van der Waals surface area contributed by atoms with Crippen molar-refractivity contribution in [3.8, 4) is 0 Å². The molecule has 4 nitrogen and oxygen atoms in total. The Morgan fingerprint density at radius 3 is 0.848 bits per heavy atom. The Labute approximate surface area is 289 Å². The molecule has 0 spiro atoms. The maximum Gasteiger partial charge on any atom is -0.00368 e. The van der Waals surface area contributed by atoms with Crippen molar-refractivity contribution in [2.24, 2.45) is 0 Å². The highest BCUT2D eigenvalue weighted by Gasteiger charge is 1.94. The van der Waals surface area contributed by atoms with Gasteiger partial charge >= 0.3 is 0 Å². The Kier molecular flexibility index (Phi) is 42.7. The molecule has 0 amide bonds. The Morgan fingerprint density at radius 2 is 0.522 bits per heavy atom. The Balaban J connectivity index is 3.13. The highest BCUT2D eigenvalue weighted by Crippen LogP contribution is 2.06. The number of hydrogen-bond donors (Lipinski definition) is 4. The first kappa shape index (κ1) is 44.8. The smallest absolute Gasteiger partial charge is 0.00368 e. The predicted octanol–water partition coefficient (Wildman–Crippen LogP) is 11.0. The molecule has 0 aliphatic heterocycles. The lowest BCUT2D eigenvalue weighted by molar-refractivity contribution is 0.535. The van der Waals surface area contributed by atoms with Crippen molar-refractivity contribution in [1.82, 2.24) is 21.3 Å². The van der Waals surface area contributed by atoms with Gasteiger partial charge in [-0.1, -0.05) is 114 Å². The van der Waals surface area contributed by atoms with Crippen molar-refractivity contribution in [2.75, 3.05) is 52.4 Å². The second-order valence-electron chi connectivity index (χ2n) is 13.2. The summed E-state index contributed by atoms with van der Waals surface area (Å²) in [5.41, 5.74) is 0. The molecule has 0 saturated heterocycles. The fourth-order valence-electron chi connectivity index (χ4n) is 5.45. The summed E-state index contributed by atoms with van der Waals surface area (Å²) in [6.45, 7) is 13.8. The summed E-state index contributed by atoms with van der Waals surface area (Å²) in [5, 5.41) is 14.5. The molecule has 0 aliphatic carbocycles. The number of nitrogens with one attached hydrogen (secondary N) is 4. The molecule has 0 saturated carbocycles. The van der Waals surface area contributed by atoms with Crippen LogP contribution in [0.3, 0.4) is 0 Å². The monoisotopic (exact) mass is 643 g/mol. The van der Waals surface area contributed by atoms with Crippen molar-refractivity contribution in [3.05, 3.63) is 48.6 Å². The first-order chi connectivity index (χ1) is 22.9. The molecule has 46 heavy (non-hydrogen) atoms. The van der Waals surface area contributed by atoms with Crippen LogP contribution in [0.4, 0.5) is 0 Å². The van der Waals surface area contributed by atoms with Gasteiger partial charge in [-0.15, -0.1) is 0 Å². The standard InChI is InChI=1S/C42H82N4/c1-3-5-7-9-11-13-15-17-19-21-23-25-27-29-35-43-39-33-41-45-37-31-32-38-46-42-34-40-44-36-30-28-26-24-22-20-18-16-14-12-10-8-6-4-2/h11-14,17-20,43-46H,3-10,15-16,21-42H2,1-2H3/b13-11-,14-12?,19-17-,20-18?. The number of allylic oxidation sites excluding steroid dienone is 8. The van der Waals surface area contributed by atoms with Crippen molar-refractivity contribution in [1.29, 1.82) is 0 Å². The highest BCUT2D eigenvalue weighted by atomic mass is 14.9. The molecule has 0 aromatic heterocycles. The second-order valence-corrected chi connectivity index (χ2v) is 13.2. The summed E-state index contributed by atoms with van der Waals surface area (Å²) >= 11 is 0. The zero-order chi connectivity index (χ0) is 33.1. The molecular weight excluding hydrogens is 560 g/mol. The van der Waals surface area contributed by atoms with E-state index in [1.807, 2.05) is 0 Å². The molecule has 0 fully saturated rings. The summed E-state index contributed by atoms with van der Waals surface area (Å²) in [6.07, 6.45) is 49.8. The quantitative estimate of drug-likeness (QED) is 0.0398. The predicted molar refractivity (Wildman–Crippen MR) is 210 cm³/mol. The van der Waals surface area contributed by atoms with Gasteiger partial charge in [0, 0.05) is 0 Å². The van der Waals surface area contributed by atoms with Crippen molar-refractivity contribution in [3.63, 3.8) is 0 Å². The van der Waals surface area contributed by atoms with Gasteiger partial charge in [-0.3, -0.25) is 0 Å². The second kappa shape index (κ2) is 43.8. The Hall–Kier alpha value is -1.20. The third-order valence-corrected chi connectivity index (χ3v) is 8.48. The van der Waals surface area contributed by atoms with Crippen LogP contribution in [0.1, 0.15) is 168 Å². The third kappa shape index (κ3) is 42.8. The molecule has 0 rings (SSSR count). The number of rotatable bonds is 39. The average Bonchev–Trinajstić information content (AvgIpc) is 3.07. The number of hydrogen-bond acceptors (Lipinski definition) is 4. The normalized spacial score (nSPS) is 12.3. The van der Waals surface area contributed by atoms with Crippen molar-refractivity contribution in [2.45, 2.75) is 168 Å². The molecule has 0 atom stereocenters. The SMILES string of the molecule is CCCCCC=CCC=CCCCCCCNCCCNCCCCNCCCNCCCCCC/C=C\C/C=C\CCCCC. The summed E-state index contributed by atoms with van der Waals surface area (Å²) in [7, 11) is 0. The maximum atomic E-state index is 3.62. The van der Waals surface area contributed by atoms with Gasteiger partial charge in [-0.05, 0) is 155 Å². The van der Waals surface area contributed by atoms with Crippen LogP contribution in [0.5, 0.6) is 0 Å². The molecule has 0 bridgehead atoms. The molecule has 0 heterocycles. The van der Waals surface area contributed by atoms with Gasteiger partial charge in [0.05, 0.1) is 0 Å². The molecule has 4 heteroatoms. The van der Waals surface area contributed by atoms with Gasteiger partial charge in [0.1, 0.15) is 0 Å². The van der Waals surface area contributed by atoms with E-state index in [1.54, 1.807) is 0 Å². The van der Waals surface area contributed by atoms with Crippen LogP contribution in [-0.4, -0.2) is 52.4 Å². The Bertz CT molecular complexity index is 598. The zero-order valence-electron chi connectivity index (χ0n) is 31.2. The van der Waals surface area contributed by atoms with E-state index in [4.69, 9.17) is 0 Å². The van der Waals surface area contributed by atoms with E-state index in [-0.39, 0.29) is 0 Å². The molecule has 0 aromatic carbocycles. The van der Waals surface area contributed by atoms with E-state index in [1.165, 1.54) is 154 Å². The minimum atomic E-state index is 1.11. The summed E-state index contributed by atoms with van der Waals surface area (Å²) in [4.78, 5) is 0. The fourth-order valence-corrected chi connectivity index (χ4v) is 5.45. The van der Waals surface area contributed by atoms with Gasteiger partial charge in [0.25, 0.3) is 0 Å². The van der Waals surface area contributed by atoms with Gasteiger partial charge in [0.15, 0.2) is 0 Å². The first-order valence-corrected chi connectivity index (χ1v) is 20.3. The fraction of sp³-hybridized carbons (Fsp3) is 0.810. The maximum absolute atomic E-state index is 3.62. The van der Waals surface area contributed by atoms with E-state index < -0.39 is 0 Å². The third-order valence-electron chi connectivity index (χ3n) is 8.48. The van der Waals surface area contributed by atoms with Crippen LogP contribution in [0, 0.1) is 0 Å². The Morgan fingerprint density at radius 1 is 0.261 bits per heavy atom. The summed E-state index contributed by atoms with van der Waals surface area (Å²) in [6, 6.07) is 0. The van der Waals surface area contributed by atoms with Crippen molar-refractivity contribution < 1.29 is 0 Å². The van der Waals surface area contributed by atoms with E-state index >= 15 is 0 Å². The van der Waals surface area contributed by atoms with E-state index in [9.17, 15) is 0 Å². The van der Waals surface area contributed by atoms with Gasteiger partial charge in [-0.2, -0.15) is 0 Å². The zero-order valence-corrected chi connectivity index (χ0v) is 31.2. The molecule has 0 unspecified atom stereocenters. The summed E-state index contributed by atoms with van der Waals surface area (Å²) in [5.74, 6) is 0. The van der Waals surface area contributed by atoms with Crippen LogP contribution in [-0.2, 0) is 0 Å². The average molecular weight is 643 g/mol. The van der Waals surface area contributed by atoms with Crippen LogP contribution >= 0.6 is 0 Å². The van der Waals surface area contributed by atoms with Crippen LogP contribution in [0.2, 0.25) is 0 Å². The van der Waals surface area contributed by atoms with E-state index in [2.05, 4.69) is 83.7 Å². The molecule has 0 aromatic rings. The van der Waals surface area contributed by atoms with Crippen LogP contribution in [0.15, 0.2) is 48.6 Å². The molecule has 4 N–H and O–H groups in total. The lowest BCUT2D eigenvalue weighted by Crippen LogP contribution is -2.25. The van der Waals surface area contributed by atoms with Crippen LogP contribution < -0.4 is 21.3 Å². The molecule has 0 radical (unpaired) electrons. The lowest BCUT2D eigenvalue weighted by atomic mass is 10.1. The molecule has 0 aliphatic rings. The van der Waals surface area contributed by atoms with Gasteiger partial charge < -0.3 is 21.3 Å². The summed E-state index contributed by atoms with van der Waals surface area (Å²) < 4.78 is 0. The molecule has 270 valence electrons. The molecular formula is C42H82N4. The van der Waals surface area contributed by atoms with E-state index in [0.717, 1.165) is 52.1 Å².